The second kappa shape index (κ2) is 10.4. The van der Waals surface area contributed by atoms with Gasteiger partial charge in [0, 0.05) is 18.8 Å². The van der Waals surface area contributed by atoms with E-state index in [1.54, 1.807) is 13.3 Å². The molecule has 1 unspecified atom stereocenters. The monoisotopic (exact) mass is 515 g/mol. The fourth-order valence-corrected chi connectivity index (χ4v) is 4.54. The minimum Gasteiger partial charge on any atom is -0.495 e. The van der Waals surface area contributed by atoms with Gasteiger partial charge in [0.1, 0.15) is 29.3 Å². The minimum absolute atomic E-state index is 0.0374. The van der Waals surface area contributed by atoms with E-state index in [-0.39, 0.29) is 5.41 Å². The summed E-state index contributed by atoms with van der Waals surface area (Å²) in [5, 5.41) is 6.99. The highest BCUT2D eigenvalue weighted by atomic mass is 19.1. The first-order valence-electron chi connectivity index (χ1n) is 12.9. The van der Waals surface area contributed by atoms with E-state index in [9.17, 15) is 4.39 Å². The number of anilines is 4. The van der Waals surface area contributed by atoms with Crippen LogP contribution in [0.15, 0.2) is 48.9 Å². The third-order valence-electron chi connectivity index (χ3n) is 6.88. The Morgan fingerprint density at radius 3 is 2.66 bits per heavy atom. The van der Waals surface area contributed by atoms with E-state index in [1.165, 1.54) is 11.9 Å². The largest absolute Gasteiger partial charge is 0.495 e. The zero-order chi connectivity index (χ0) is 26.9. The number of benzene rings is 2. The molecule has 0 aliphatic carbocycles. The molecule has 8 nitrogen and oxygen atoms in total. The zero-order valence-corrected chi connectivity index (χ0v) is 22.5. The van der Waals surface area contributed by atoms with Crippen molar-refractivity contribution in [3.05, 3.63) is 65.6 Å². The number of aryl methyl sites for hydroxylation is 1. The van der Waals surface area contributed by atoms with Crippen molar-refractivity contribution in [3.63, 3.8) is 0 Å². The van der Waals surface area contributed by atoms with Crippen molar-refractivity contribution in [2.45, 2.75) is 52.2 Å². The summed E-state index contributed by atoms with van der Waals surface area (Å²) in [4.78, 5) is 19.7. The van der Waals surface area contributed by atoms with Gasteiger partial charge in [-0.05, 0) is 53.6 Å². The van der Waals surface area contributed by atoms with Gasteiger partial charge in [0.15, 0.2) is 5.82 Å². The molecule has 3 heterocycles. The molecule has 0 spiro atoms. The molecule has 38 heavy (non-hydrogen) atoms. The SMILES string of the molecule is COc1ccc(C(C)(C)C)cc1NCc1ccc(C)c(Nc2ncnc3cnc(N4CCC(F)C4)nc23)c1. The van der Waals surface area contributed by atoms with Gasteiger partial charge in [-0.3, -0.25) is 0 Å². The van der Waals surface area contributed by atoms with Crippen molar-refractivity contribution < 1.29 is 9.13 Å². The van der Waals surface area contributed by atoms with E-state index < -0.39 is 6.17 Å². The lowest BCUT2D eigenvalue weighted by atomic mass is 9.87. The Hall–Kier alpha value is -4.01. The number of ether oxygens (including phenoxy) is 1. The van der Waals surface area contributed by atoms with E-state index in [2.05, 4.69) is 76.7 Å². The van der Waals surface area contributed by atoms with Crippen LogP contribution in [0.2, 0.25) is 0 Å². The van der Waals surface area contributed by atoms with Gasteiger partial charge in [-0.15, -0.1) is 0 Å². The molecule has 2 N–H and O–H groups in total. The van der Waals surface area contributed by atoms with E-state index in [0.717, 1.165) is 28.3 Å². The summed E-state index contributed by atoms with van der Waals surface area (Å²) in [6, 6.07) is 12.6. The van der Waals surface area contributed by atoms with Gasteiger partial charge in [0.2, 0.25) is 5.95 Å². The Balaban J connectivity index is 1.39. The van der Waals surface area contributed by atoms with Gasteiger partial charge < -0.3 is 20.3 Å². The highest BCUT2D eigenvalue weighted by Gasteiger charge is 2.24. The van der Waals surface area contributed by atoms with Gasteiger partial charge in [-0.25, -0.2) is 24.3 Å². The maximum Gasteiger partial charge on any atom is 0.226 e. The van der Waals surface area contributed by atoms with Gasteiger partial charge in [0.05, 0.1) is 25.5 Å². The Bertz CT molecular complexity index is 1450. The van der Waals surface area contributed by atoms with E-state index in [1.807, 2.05) is 17.9 Å². The second-order valence-corrected chi connectivity index (χ2v) is 10.8. The molecule has 2 aromatic carbocycles. The van der Waals surface area contributed by atoms with E-state index in [0.29, 0.717) is 48.9 Å². The fourth-order valence-electron chi connectivity index (χ4n) is 4.54. The van der Waals surface area contributed by atoms with Crippen LogP contribution in [0, 0.1) is 6.92 Å². The van der Waals surface area contributed by atoms with Crippen molar-refractivity contribution in [1.82, 2.24) is 19.9 Å². The van der Waals surface area contributed by atoms with Crippen molar-refractivity contribution in [3.8, 4) is 5.75 Å². The van der Waals surface area contributed by atoms with Crippen LogP contribution in [-0.2, 0) is 12.0 Å². The number of halogens is 1. The standard InChI is InChI=1S/C29H34FN7O/c1-18-6-7-19(14-31-23-13-20(29(2,3)4)8-9-25(23)38-5)12-22(18)35-27-26-24(33-17-34-27)15-32-28(36-26)37-11-10-21(30)16-37/h6-9,12-13,15,17,21,31H,10-11,14,16H2,1-5H3,(H,33,34,35). The van der Waals surface area contributed by atoms with Crippen LogP contribution in [0.3, 0.4) is 0 Å². The number of nitrogens with one attached hydrogen (secondary N) is 2. The van der Waals surface area contributed by atoms with Crippen LogP contribution < -0.4 is 20.3 Å². The zero-order valence-electron chi connectivity index (χ0n) is 22.5. The maximum absolute atomic E-state index is 13.8. The first-order chi connectivity index (χ1) is 18.2. The molecule has 9 heteroatoms. The molecule has 0 amide bonds. The molecular weight excluding hydrogens is 481 g/mol. The topological polar surface area (TPSA) is 88.1 Å². The number of hydrogen-bond acceptors (Lipinski definition) is 8. The molecule has 5 rings (SSSR count). The van der Waals surface area contributed by atoms with Crippen molar-refractivity contribution >= 4 is 34.2 Å². The summed E-state index contributed by atoms with van der Waals surface area (Å²) in [5.74, 6) is 1.89. The molecule has 0 bridgehead atoms. The lowest BCUT2D eigenvalue weighted by molar-refractivity contribution is 0.364. The number of nitrogens with zero attached hydrogens (tertiary/aromatic N) is 5. The molecule has 4 aromatic rings. The predicted octanol–water partition coefficient (Wildman–Crippen LogP) is 5.94. The average Bonchev–Trinajstić information content (AvgIpc) is 3.34. The third-order valence-corrected chi connectivity index (χ3v) is 6.88. The minimum atomic E-state index is -0.853. The average molecular weight is 516 g/mol. The molecule has 1 aliphatic heterocycles. The van der Waals surface area contributed by atoms with E-state index >= 15 is 0 Å². The van der Waals surface area contributed by atoms with Gasteiger partial charge in [-0.1, -0.05) is 39.0 Å². The first kappa shape index (κ1) is 25.6. The lowest BCUT2D eigenvalue weighted by Crippen LogP contribution is -2.22. The highest BCUT2D eigenvalue weighted by molar-refractivity contribution is 5.87. The molecule has 0 saturated carbocycles. The molecular formula is C29H34FN7O. The normalized spacial score (nSPS) is 15.6. The molecule has 1 atom stereocenters. The molecule has 1 aliphatic rings. The number of hydrogen-bond donors (Lipinski definition) is 2. The summed E-state index contributed by atoms with van der Waals surface area (Å²) in [5.41, 5.74) is 6.55. The molecule has 198 valence electrons. The van der Waals surface area contributed by atoms with Gasteiger partial charge in [0.25, 0.3) is 0 Å². The number of rotatable bonds is 7. The third kappa shape index (κ3) is 5.46. The summed E-state index contributed by atoms with van der Waals surface area (Å²) in [6.45, 7) is 10.2. The molecule has 2 aromatic heterocycles. The van der Waals surface area contributed by atoms with Crippen LogP contribution in [0.4, 0.5) is 27.5 Å². The lowest BCUT2D eigenvalue weighted by Gasteiger charge is -2.21. The number of fused-ring (bicyclic) bond motifs is 1. The highest BCUT2D eigenvalue weighted by Crippen LogP contribution is 2.32. The Morgan fingerprint density at radius 1 is 1.08 bits per heavy atom. The quantitative estimate of drug-likeness (QED) is 0.313. The van der Waals surface area contributed by atoms with Crippen LogP contribution in [0.25, 0.3) is 11.0 Å². The second-order valence-electron chi connectivity index (χ2n) is 10.8. The Kier molecular flexibility index (Phi) is 7.01. The molecule has 0 radical (unpaired) electrons. The molecule has 1 fully saturated rings. The predicted molar refractivity (Wildman–Crippen MR) is 150 cm³/mol. The van der Waals surface area contributed by atoms with Gasteiger partial charge >= 0.3 is 0 Å². The van der Waals surface area contributed by atoms with Crippen molar-refractivity contribution in [1.29, 1.82) is 0 Å². The van der Waals surface area contributed by atoms with Crippen LogP contribution in [-0.4, -0.2) is 46.3 Å². The summed E-state index contributed by atoms with van der Waals surface area (Å²) in [6.07, 6.45) is 2.80. The Morgan fingerprint density at radius 2 is 1.92 bits per heavy atom. The van der Waals surface area contributed by atoms with Crippen LogP contribution >= 0.6 is 0 Å². The summed E-state index contributed by atoms with van der Waals surface area (Å²) in [7, 11) is 1.69. The molecule has 1 saturated heterocycles. The maximum atomic E-state index is 13.8. The van der Waals surface area contributed by atoms with Crippen LogP contribution in [0.5, 0.6) is 5.75 Å². The van der Waals surface area contributed by atoms with Gasteiger partial charge in [-0.2, -0.15) is 0 Å². The number of alkyl halides is 1. The smallest absolute Gasteiger partial charge is 0.226 e. The number of aromatic nitrogens is 4. The Labute approximate surface area is 222 Å². The first-order valence-corrected chi connectivity index (χ1v) is 12.9. The van der Waals surface area contributed by atoms with Crippen molar-refractivity contribution in [2.75, 3.05) is 35.7 Å². The van der Waals surface area contributed by atoms with Crippen LogP contribution in [0.1, 0.15) is 43.9 Å². The fraction of sp³-hybridized carbons (Fsp3) is 0.379. The van der Waals surface area contributed by atoms with Crippen molar-refractivity contribution in [2.24, 2.45) is 0 Å². The van der Waals surface area contributed by atoms with E-state index in [4.69, 9.17) is 9.72 Å². The summed E-state index contributed by atoms with van der Waals surface area (Å²) >= 11 is 0. The number of methoxy groups -OCH3 is 1. The summed E-state index contributed by atoms with van der Waals surface area (Å²) < 4.78 is 19.4.